The van der Waals surface area contributed by atoms with Gasteiger partial charge in [0.2, 0.25) is 0 Å². The lowest BCUT2D eigenvalue weighted by Crippen LogP contribution is -1.88. The summed E-state index contributed by atoms with van der Waals surface area (Å²) in [7, 11) is 0. The van der Waals surface area contributed by atoms with Crippen molar-refractivity contribution in [3.63, 3.8) is 0 Å². The minimum absolute atomic E-state index is 0.234. The highest BCUT2D eigenvalue weighted by molar-refractivity contribution is 5.93. The summed E-state index contributed by atoms with van der Waals surface area (Å²) < 4.78 is 20.6. The van der Waals surface area contributed by atoms with Crippen LogP contribution >= 0.6 is 0 Å². The van der Waals surface area contributed by atoms with E-state index < -0.39 is 12.6 Å². The maximum atomic E-state index is 11.1. The van der Waals surface area contributed by atoms with Crippen LogP contribution in [0.25, 0.3) is 0 Å². The lowest BCUT2D eigenvalue weighted by Gasteiger charge is -1.89. The number of rotatable bonds is 1. The van der Waals surface area contributed by atoms with Crippen LogP contribution < -0.4 is 0 Å². The molecule has 9 heavy (non-hydrogen) atoms. The van der Waals surface area contributed by atoms with Gasteiger partial charge in [-0.15, -0.1) is 0 Å². The van der Waals surface area contributed by atoms with Crippen molar-refractivity contribution in [2.75, 3.05) is 0 Å². The first-order chi connectivity index (χ1) is 5.52. The van der Waals surface area contributed by atoms with E-state index in [0.717, 1.165) is 0 Å². The van der Waals surface area contributed by atoms with E-state index in [4.69, 9.17) is 4.11 Å². The van der Waals surface area contributed by atoms with Crippen LogP contribution in [0, 0.1) is 0 Å². The van der Waals surface area contributed by atoms with Gasteiger partial charge < -0.3 is 0 Å². The monoisotopic (exact) mass is 123 g/mol. The van der Waals surface area contributed by atoms with Crippen molar-refractivity contribution < 1.29 is 8.91 Å². The van der Waals surface area contributed by atoms with E-state index in [1.54, 1.807) is 18.2 Å². The molecule has 0 atom stereocenters. The quantitative estimate of drug-likeness (QED) is 0.521. The molecule has 1 nitrogen and oxygen atoms in total. The van der Waals surface area contributed by atoms with Crippen molar-refractivity contribution in [2.24, 2.45) is 0 Å². The molecule has 0 aliphatic heterocycles. The van der Waals surface area contributed by atoms with E-state index in [2.05, 4.69) is 0 Å². The SMILES string of the molecule is [2H]C([2H])([2H])C(=O)c1ccccc1. The molecule has 0 N–H and O–H groups in total. The molecule has 1 rings (SSSR count). The van der Waals surface area contributed by atoms with Crippen LogP contribution in [0.1, 0.15) is 21.3 Å². The van der Waals surface area contributed by atoms with Gasteiger partial charge in [-0.1, -0.05) is 30.3 Å². The van der Waals surface area contributed by atoms with Crippen molar-refractivity contribution in [1.29, 1.82) is 0 Å². The van der Waals surface area contributed by atoms with E-state index in [9.17, 15) is 4.79 Å². The predicted molar refractivity (Wildman–Crippen MR) is 36.4 cm³/mol. The van der Waals surface area contributed by atoms with Crippen molar-refractivity contribution in [2.45, 2.75) is 6.85 Å². The average molecular weight is 123 g/mol. The molecule has 0 saturated heterocycles. The number of Topliss-reactive ketones (excluding diaryl/α,β-unsaturated/α-hetero) is 1. The van der Waals surface area contributed by atoms with Crippen molar-refractivity contribution >= 4 is 5.78 Å². The fourth-order valence-corrected chi connectivity index (χ4v) is 0.590. The molecule has 46 valence electrons. The van der Waals surface area contributed by atoms with Gasteiger partial charge in [-0.2, -0.15) is 0 Å². The minimum atomic E-state index is -2.53. The highest BCUT2D eigenvalue weighted by Crippen LogP contribution is 1.97. The first kappa shape index (κ1) is 3.16. The molecule has 0 aliphatic carbocycles. The second kappa shape index (κ2) is 2.44. The largest absolute Gasteiger partial charge is 0.295 e. The van der Waals surface area contributed by atoms with Gasteiger partial charge in [-0.05, 0) is 6.85 Å². The Morgan fingerprint density at radius 2 is 2.11 bits per heavy atom. The van der Waals surface area contributed by atoms with E-state index in [0.29, 0.717) is 0 Å². The summed E-state index contributed by atoms with van der Waals surface area (Å²) in [5, 5.41) is 0. The van der Waals surface area contributed by atoms with Crippen LogP contribution in [0.5, 0.6) is 0 Å². The molecule has 0 aliphatic rings. The number of carbonyl (C=O) groups is 1. The van der Waals surface area contributed by atoms with Gasteiger partial charge in [0.25, 0.3) is 0 Å². The van der Waals surface area contributed by atoms with Gasteiger partial charge in [0.05, 0.1) is 0 Å². The number of benzene rings is 1. The third-order valence-electron chi connectivity index (χ3n) is 1.04. The summed E-state index contributed by atoms with van der Waals surface area (Å²) in [4.78, 5) is 11.1. The average Bonchev–Trinajstić information content (AvgIpc) is 2.03. The Balaban J connectivity index is 2.94. The van der Waals surface area contributed by atoms with Crippen LogP contribution in [-0.4, -0.2) is 5.78 Å². The number of hydrogen-bond acceptors (Lipinski definition) is 1. The summed E-state index contributed by atoms with van der Waals surface area (Å²) in [5.74, 6) is -0.803. The molecular formula is C8H8O. The van der Waals surface area contributed by atoms with Crippen molar-refractivity contribution in [1.82, 2.24) is 0 Å². The van der Waals surface area contributed by atoms with Crippen LogP contribution in [0.2, 0.25) is 0 Å². The number of carbonyl (C=O) groups excluding carboxylic acids is 1. The zero-order valence-corrected chi connectivity index (χ0v) is 4.79. The standard InChI is InChI=1S/C8H8O/c1-7(9)8-5-3-2-4-6-8/h2-6H,1H3/i1D3. The third kappa shape index (κ3) is 1.39. The molecule has 0 unspecified atom stereocenters. The molecule has 0 bridgehead atoms. The summed E-state index contributed by atoms with van der Waals surface area (Å²) >= 11 is 0. The van der Waals surface area contributed by atoms with Gasteiger partial charge in [-0.3, -0.25) is 4.79 Å². The highest BCUT2D eigenvalue weighted by atomic mass is 16.1. The molecule has 0 aromatic heterocycles. The van der Waals surface area contributed by atoms with Crippen LogP contribution in [0.15, 0.2) is 30.3 Å². The molecule has 0 radical (unpaired) electrons. The second-order valence-corrected chi connectivity index (χ2v) is 1.70. The zero-order chi connectivity index (χ0) is 9.19. The van der Waals surface area contributed by atoms with Gasteiger partial charge in [0.15, 0.2) is 5.78 Å². The molecule has 0 spiro atoms. The van der Waals surface area contributed by atoms with Crippen molar-refractivity contribution in [3.8, 4) is 0 Å². The van der Waals surface area contributed by atoms with E-state index in [1.165, 1.54) is 12.1 Å². The second-order valence-electron chi connectivity index (χ2n) is 1.70. The normalized spacial score (nSPS) is 15.3. The Bertz CT molecular complexity index is 276. The molecule has 1 aromatic carbocycles. The smallest absolute Gasteiger partial charge is 0.159 e. The summed E-state index contributed by atoms with van der Waals surface area (Å²) in [6.07, 6.45) is 0. The molecule has 1 heteroatoms. The van der Waals surface area contributed by atoms with Crippen LogP contribution in [0.4, 0.5) is 0 Å². The third-order valence-corrected chi connectivity index (χ3v) is 1.04. The predicted octanol–water partition coefficient (Wildman–Crippen LogP) is 1.89. The van der Waals surface area contributed by atoms with Crippen LogP contribution in [0.3, 0.4) is 0 Å². The number of ketones is 1. The molecule has 0 heterocycles. The van der Waals surface area contributed by atoms with E-state index in [1.807, 2.05) is 0 Å². The Kier molecular flexibility index (Phi) is 0.858. The van der Waals surface area contributed by atoms with E-state index >= 15 is 0 Å². The molecule has 0 fully saturated rings. The zero-order valence-electron chi connectivity index (χ0n) is 7.79. The number of hydrogen-bond donors (Lipinski definition) is 0. The molecule has 0 amide bonds. The van der Waals surface area contributed by atoms with Crippen LogP contribution in [-0.2, 0) is 0 Å². The van der Waals surface area contributed by atoms with Crippen molar-refractivity contribution in [3.05, 3.63) is 35.9 Å². The van der Waals surface area contributed by atoms with Gasteiger partial charge in [-0.25, -0.2) is 0 Å². The molecule has 1 aromatic rings. The molecular weight excluding hydrogens is 112 g/mol. The van der Waals surface area contributed by atoms with E-state index in [-0.39, 0.29) is 5.56 Å². The Labute approximate surface area is 58.5 Å². The first-order valence-electron chi connectivity index (χ1n) is 4.11. The Morgan fingerprint density at radius 3 is 2.67 bits per heavy atom. The minimum Gasteiger partial charge on any atom is -0.295 e. The molecule has 0 saturated carbocycles. The highest BCUT2D eigenvalue weighted by Gasteiger charge is 1.92. The lowest BCUT2D eigenvalue weighted by molar-refractivity contribution is 0.101. The maximum Gasteiger partial charge on any atom is 0.159 e. The summed E-state index contributed by atoms with van der Waals surface area (Å²) in [5.41, 5.74) is 0.234. The van der Waals surface area contributed by atoms with Gasteiger partial charge in [0, 0.05) is 9.68 Å². The van der Waals surface area contributed by atoms with Gasteiger partial charge in [0.1, 0.15) is 0 Å². The fraction of sp³-hybridized carbons (Fsp3) is 0.125. The Hall–Kier alpha value is -1.11. The van der Waals surface area contributed by atoms with Gasteiger partial charge >= 0.3 is 0 Å². The Morgan fingerprint density at radius 1 is 1.44 bits per heavy atom. The fourth-order valence-electron chi connectivity index (χ4n) is 0.590. The summed E-state index contributed by atoms with van der Waals surface area (Å²) in [6.45, 7) is -2.53. The summed E-state index contributed by atoms with van der Waals surface area (Å²) in [6, 6.07) is 8.00. The lowest BCUT2D eigenvalue weighted by atomic mass is 10.2. The first-order valence-corrected chi connectivity index (χ1v) is 2.61. The maximum absolute atomic E-state index is 11.1. The topological polar surface area (TPSA) is 17.1 Å².